The highest BCUT2D eigenvalue weighted by Gasteiger charge is 2.17. The van der Waals surface area contributed by atoms with E-state index < -0.39 is 0 Å². The number of rotatable bonds is 6. The molecule has 0 bridgehead atoms. The molecule has 1 aromatic rings. The maximum absolute atomic E-state index is 9.13. The maximum atomic E-state index is 9.13. The average Bonchev–Trinajstić information content (AvgIpc) is 2.35. The normalized spacial score (nSPS) is 14.9. The van der Waals surface area contributed by atoms with Crippen molar-refractivity contribution in [2.24, 2.45) is 5.92 Å². The molecule has 1 aromatic carbocycles. The van der Waals surface area contributed by atoms with Crippen LogP contribution in [0.3, 0.4) is 0 Å². The van der Waals surface area contributed by atoms with Crippen LogP contribution in [0.15, 0.2) is 24.3 Å². The van der Waals surface area contributed by atoms with Gasteiger partial charge in [0.15, 0.2) is 0 Å². The summed E-state index contributed by atoms with van der Waals surface area (Å²) in [6.07, 6.45) is 1.08. The van der Waals surface area contributed by atoms with Crippen LogP contribution in [0.1, 0.15) is 44.9 Å². The number of hydrogen-bond donors (Lipinski definition) is 2. The number of aryl methyl sites for hydroxylation is 1. The van der Waals surface area contributed by atoms with Crippen LogP contribution in [-0.2, 0) is 6.42 Å². The van der Waals surface area contributed by atoms with E-state index in [4.69, 9.17) is 5.11 Å². The van der Waals surface area contributed by atoms with E-state index >= 15 is 0 Å². The Morgan fingerprint density at radius 2 is 1.71 bits per heavy atom. The van der Waals surface area contributed by atoms with E-state index in [1.807, 2.05) is 6.92 Å². The molecule has 2 nitrogen and oxygen atoms in total. The van der Waals surface area contributed by atoms with Crippen molar-refractivity contribution in [3.63, 3.8) is 0 Å². The minimum Gasteiger partial charge on any atom is -0.395 e. The lowest BCUT2D eigenvalue weighted by Crippen LogP contribution is -2.35. The molecule has 0 spiro atoms. The van der Waals surface area contributed by atoms with Gasteiger partial charge in [0.2, 0.25) is 0 Å². The summed E-state index contributed by atoms with van der Waals surface area (Å²) in [5, 5.41) is 12.6. The molecule has 96 valence electrons. The third kappa shape index (κ3) is 4.14. The molecule has 0 fully saturated rings. The van der Waals surface area contributed by atoms with Crippen LogP contribution in [0.2, 0.25) is 0 Å². The number of benzene rings is 1. The van der Waals surface area contributed by atoms with Gasteiger partial charge in [-0.25, -0.2) is 0 Å². The smallest absolute Gasteiger partial charge is 0.0582 e. The minimum atomic E-state index is 0.133. The Morgan fingerprint density at radius 1 is 1.12 bits per heavy atom. The summed E-state index contributed by atoms with van der Waals surface area (Å²) >= 11 is 0. The summed E-state index contributed by atoms with van der Waals surface area (Å²) in [7, 11) is 0. The van der Waals surface area contributed by atoms with Crippen LogP contribution in [-0.4, -0.2) is 17.8 Å². The summed E-state index contributed by atoms with van der Waals surface area (Å²) in [6.45, 7) is 8.76. The van der Waals surface area contributed by atoms with Crippen molar-refractivity contribution in [1.29, 1.82) is 0 Å². The van der Waals surface area contributed by atoms with Crippen molar-refractivity contribution >= 4 is 0 Å². The van der Waals surface area contributed by atoms with Gasteiger partial charge in [-0.05, 0) is 30.4 Å². The number of hydrogen-bond acceptors (Lipinski definition) is 2. The van der Waals surface area contributed by atoms with E-state index in [1.54, 1.807) is 0 Å². The van der Waals surface area contributed by atoms with Gasteiger partial charge in [0, 0.05) is 12.1 Å². The molecule has 0 saturated carbocycles. The fraction of sp³-hybridized carbons (Fsp3) is 0.600. The minimum absolute atomic E-state index is 0.133. The van der Waals surface area contributed by atoms with Crippen LogP contribution in [0, 0.1) is 5.92 Å². The van der Waals surface area contributed by atoms with E-state index in [0.29, 0.717) is 12.0 Å². The van der Waals surface area contributed by atoms with Crippen LogP contribution in [0.25, 0.3) is 0 Å². The van der Waals surface area contributed by atoms with Gasteiger partial charge in [-0.15, -0.1) is 0 Å². The monoisotopic (exact) mass is 235 g/mol. The fourth-order valence-electron chi connectivity index (χ4n) is 1.99. The fourth-order valence-corrected chi connectivity index (χ4v) is 1.99. The molecule has 0 aliphatic carbocycles. The summed E-state index contributed by atoms with van der Waals surface area (Å²) in [5.74, 6) is 0.511. The molecule has 17 heavy (non-hydrogen) atoms. The maximum Gasteiger partial charge on any atom is 0.0582 e. The molecule has 0 heterocycles. The predicted molar refractivity (Wildman–Crippen MR) is 73.1 cm³/mol. The molecule has 0 amide bonds. The van der Waals surface area contributed by atoms with Crippen molar-refractivity contribution in [3.05, 3.63) is 35.4 Å². The van der Waals surface area contributed by atoms with Gasteiger partial charge in [0.1, 0.15) is 0 Å². The van der Waals surface area contributed by atoms with E-state index in [1.165, 1.54) is 11.1 Å². The molecule has 0 aliphatic heterocycles. The highest BCUT2D eigenvalue weighted by atomic mass is 16.3. The van der Waals surface area contributed by atoms with Gasteiger partial charge in [0.25, 0.3) is 0 Å². The lowest BCUT2D eigenvalue weighted by Gasteiger charge is -2.26. The second-order valence-electron chi connectivity index (χ2n) is 5.07. The highest BCUT2D eigenvalue weighted by Crippen LogP contribution is 2.22. The Kier molecular flexibility index (Phi) is 5.66. The van der Waals surface area contributed by atoms with Crippen molar-refractivity contribution < 1.29 is 5.11 Å². The first-order valence-corrected chi connectivity index (χ1v) is 6.54. The second-order valence-corrected chi connectivity index (χ2v) is 5.07. The molecule has 2 atom stereocenters. The SMILES string of the molecule is CCc1ccc(C(N[C@H](C)CO)C(C)C)cc1. The molecular weight excluding hydrogens is 210 g/mol. The molecule has 0 aliphatic rings. The standard InChI is InChI=1S/C15H25NO/c1-5-13-6-8-14(9-7-13)15(11(2)3)16-12(4)10-17/h6-9,11-12,15-17H,5,10H2,1-4H3/t12-,15?/m1/s1. The first-order valence-electron chi connectivity index (χ1n) is 6.54. The van der Waals surface area contributed by atoms with Crippen molar-refractivity contribution in [1.82, 2.24) is 5.32 Å². The predicted octanol–water partition coefficient (Wildman–Crippen LogP) is 2.92. The van der Waals surface area contributed by atoms with E-state index in [-0.39, 0.29) is 12.6 Å². The van der Waals surface area contributed by atoms with Gasteiger partial charge >= 0.3 is 0 Å². The summed E-state index contributed by atoms with van der Waals surface area (Å²) < 4.78 is 0. The van der Waals surface area contributed by atoms with Gasteiger partial charge in [-0.3, -0.25) is 0 Å². The number of aliphatic hydroxyl groups excluding tert-OH is 1. The Balaban J connectivity index is 2.81. The Morgan fingerprint density at radius 3 is 2.12 bits per heavy atom. The lowest BCUT2D eigenvalue weighted by molar-refractivity contribution is 0.229. The van der Waals surface area contributed by atoms with E-state index in [0.717, 1.165) is 6.42 Å². The zero-order valence-corrected chi connectivity index (χ0v) is 11.4. The molecule has 1 rings (SSSR count). The Bertz CT molecular complexity index is 318. The van der Waals surface area contributed by atoms with Gasteiger partial charge in [-0.1, -0.05) is 45.0 Å². The van der Waals surface area contributed by atoms with Crippen LogP contribution in [0.5, 0.6) is 0 Å². The van der Waals surface area contributed by atoms with Gasteiger partial charge in [0.05, 0.1) is 6.61 Å². The van der Waals surface area contributed by atoms with Gasteiger partial charge in [-0.2, -0.15) is 0 Å². The summed E-state index contributed by atoms with van der Waals surface area (Å²) in [6, 6.07) is 9.21. The van der Waals surface area contributed by atoms with Crippen LogP contribution >= 0.6 is 0 Å². The van der Waals surface area contributed by atoms with Crippen molar-refractivity contribution in [3.8, 4) is 0 Å². The Labute approximate surface area is 105 Å². The first kappa shape index (κ1) is 14.2. The summed E-state index contributed by atoms with van der Waals surface area (Å²) in [5.41, 5.74) is 2.67. The first-order chi connectivity index (χ1) is 8.08. The van der Waals surface area contributed by atoms with E-state index in [9.17, 15) is 0 Å². The zero-order valence-electron chi connectivity index (χ0n) is 11.4. The van der Waals surface area contributed by atoms with Crippen molar-refractivity contribution in [2.45, 2.75) is 46.2 Å². The Hall–Kier alpha value is -0.860. The van der Waals surface area contributed by atoms with Crippen LogP contribution in [0.4, 0.5) is 0 Å². The molecular formula is C15H25NO. The zero-order chi connectivity index (χ0) is 12.8. The molecule has 0 aromatic heterocycles. The lowest BCUT2D eigenvalue weighted by atomic mass is 9.94. The van der Waals surface area contributed by atoms with Gasteiger partial charge < -0.3 is 10.4 Å². The highest BCUT2D eigenvalue weighted by molar-refractivity contribution is 5.25. The third-order valence-electron chi connectivity index (χ3n) is 3.15. The molecule has 1 unspecified atom stereocenters. The van der Waals surface area contributed by atoms with Crippen molar-refractivity contribution in [2.75, 3.05) is 6.61 Å². The molecule has 0 saturated heterocycles. The van der Waals surface area contributed by atoms with Crippen LogP contribution < -0.4 is 5.32 Å². The summed E-state index contributed by atoms with van der Waals surface area (Å²) in [4.78, 5) is 0. The molecule has 2 N–H and O–H groups in total. The third-order valence-corrected chi connectivity index (χ3v) is 3.15. The molecule has 2 heteroatoms. The largest absolute Gasteiger partial charge is 0.395 e. The van der Waals surface area contributed by atoms with E-state index in [2.05, 4.69) is 50.4 Å². The number of nitrogens with one attached hydrogen (secondary N) is 1. The second kappa shape index (κ2) is 6.77. The quantitative estimate of drug-likeness (QED) is 0.794. The average molecular weight is 235 g/mol. The molecule has 0 radical (unpaired) electrons. The topological polar surface area (TPSA) is 32.3 Å². The number of aliphatic hydroxyl groups is 1.